The summed E-state index contributed by atoms with van der Waals surface area (Å²) in [6.45, 7) is 4.36. The molecule has 96 valence electrons. The Hall–Kier alpha value is -2.02. The summed E-state index contributed by atoms with van der Waals surface area (Å²) >= 11 is 0. The molecule has 3 rings (SSSR count). The lowest BCUT2D eigenvalue weighted by atomic mass is 10.0. The first-order chi connectivity index (χ1) is 9.19. The Kier molecular flexibility index (Phi) is 2.90. The molecule has 0 aliphatic heterocycles. The van der Waals surface area contributed by atoms with Gasteiger partial charge in [-0.25, -0.2) is 0 Å². The van der Waals surface area contributed by atoms with E-state index in [1.165, 1.54) is 33.2 Å². The van der Waals surface area contributed by atoms with Gasteiger partial charge in [-0.2, -0.15) is 0 Å². The van der Waals surface area contributed by atoms with E-state index in [9.17, 15) is 0 Å². The molecule has 0 fully saturated rings. The van der Waals surface area contributed by atoms with Gasteiger partial charge in [-0.1, -0.05) is 42.8 Å². The molecule has 2 aromatic carbocycles. The van der Waals surface area contributed by atoms with E-state index in [4.69, 9.17) is 0 Å². The van der Waals surface area contributed by atoms with Gasteiger partial charge in [-0.05, 0) is 42.2 Å². The Balaban J connectivity index is 2.21. The van der Waals surface area contributed by atoms with E-state index >= 15 is 0 Å². The summed E-state index contributed by atoms with van der Waals surface area (Å²) in [5, 5.41) is 1.38. The molecule has 0 amide bonds. The molecule has 0 radical (unpaired) electrons. The molecule has 0 bridgehead atoms. The summed E-state index contributed by atoms with van der Waals surface area (Å²) in [5.74, 6) is 0. The van der Waals surface area contributed by atoms with Crippen LogP contribution in [0.2, 0.25) is 0 Å². The van der Waals surface area contributed by atoms with Crippen molar-refractivity contribution in [2.75, 3.05) is 0 Å². The third-order valence-electron chi connectivity index (χ3n) is 3.80. The van der Waals surface area contributed by atoms with Gasteiger partial charge in [0.25, 0.3) is 0 Å². The second kappa shape index (κ2) is 4.58. The van der Waals surface area contributed by atoms with Crippen LogP contribution in [-0.4, -0.2) is 4.57 Å². The number of aromatic nitrogens is 1. The third kappa shape index (κ3) is 2.06. The van der Waals surface area contributed by atoms with Crippen LogP contribution in [0.25, 0.3) is 22.0 Å². The maximum Gasteiger partial charge on any atom is 0.0480 e. The summed E-state index contributed by atoms with van der Waals surface area (Å²) in [4.78, 5) is 0. The van der Waals surface area contributed by atoms with E-state index in [1.807, 2.05) is 0 Å². The average molecular weight is 249 g/mol. The van der Waals surface area contributed by atoms with Gasteiger partial charge in [-0.15, -0.1) is 0 Å². The smallest absolute Gasteiger partial charge is 0.0480 e. The molecule has 0 unspecified atom stereocenters. The van der Waals surface area contributed by atoms with Crippen LogP contribution in [0.1, 0.15) is 18.1 Å². The molecule has 0 aliphatic carbocycles. The van der Waals surface area contributed by atoms with Crippen molar-refractivity contribution in [2.45, 2.75) is 20.3 Å². The monoisotopic (exact) mass is 249 g/mol. The predicted molar refractivity (Wildman–Crippen MR) is 82.5 cm³/mol. The van der Waals surface area contributed by atoms with Crippen molar-refractivity contribution in [3.05, 3.63) is 59.8 Å². The van der Waals surface area contributed by atoms with Crippen molar-refractivity contribution >= 4 is 10.9 Å². The molecule has 19 heavy (non-hydrogen) atoms. The van der Waals surface area contributed by atoms with Gasteiger partial charge in [0.1, 0.15) is 0 Å². The van der Waals surface area contributed by atoms with E-state index < -0.39 is 0 Å². The van der Waals surface area contributed by atoms with Crippen molar-refractivity contribution in [1.29, 1.82) is 0 Å². The zero-order valence-corrected chi connectivity index (χ0v) is 11.8. The molecule has 1 nitrogen and oxygen atoms in total. The zero-order chi connectivity index (χ0) is 13.4. The van der Waals surface area contributed by atoms with E-state index in [1.54, 1.807) is 0 Å². The van der Waals surface area contributed by atoms with E-state index in [0.717, 1.165) is 6.42 Å². The standard InChI is InChI=1S/C18H19N/c1-4-14-12-19(3)18-9-8-16(11-17(14)18)15-7-5-6-13(2)10-15/h5-12H,4H2,1-3H3. The fourth-order valence-corrected chi connectivity index (χ4v) is 2.76. The van der Waals surface area contributed by atoms with Crippen molar-refractivity contribution in [1.82, 2.24) is 4.57 Å². The van der Waals surface area contributed by atoms with Crippen LogP contribution >= 0.6 is 0 Å². The first-order valence-corrected chi connectivity index (χ1v) is 6.84. The molecule has 0 aliphatic rings. The topological polar surface area (TPSA) is 4.93 Å². The zero-order valence-electron chi connectivity index (χ0n) is 11.8. The molecule has 1 aromatic heterocycles. The minimum atomic E-state index is 1.08. The average Bonchev–Trinajstić information content (AvgIpc) is 2.75. The molecule has 1 heterocycles. The van der Waals surface area contributed by atoms with Crippen molar-refractivity contribution in [2.24, 2.45) is 7.05 Å². The second-order valence-corrected chi connectivity index (χ2v) is 5.22. The fourth-order valence-electron chi connectivity index (χ4n) is 2.76. The highest BCUT2D eigenvalue weighted by atomic mass is 14.9. The number of benzene rings is 2. The summed E-state index contributed by atoms with van der Waals surface area (Å²) in [7, 11) is 2.12. The SMILES string of the molecule is CCc1cn(C)c2ccc(-c3cccc(C)c3)cc12. The highest BCUT2D eigenvalue weighted by Crippen LogP contribution is 2.28. The molecular weight excluding hydrogens is 230 g/mol. The quantitative estimate of drug-likeness (QED) is 0.619. The van der Waals surface area contributed by atoms with Gasteiger partial charge in [0.15, 0.2) is 0 Å². The number of nitrogens with zero attached hydrogens (tertiary/aromatic N) is 1. The fraction of sp³-hybridized carbons (Fsp3) is 0.222. The van der Waals surface area contributed by atoms with Crippen LogP contribution in [0, 0.1) is 6.92 Å². The maximum atomic E-state index is 2.32. The molecule has 0 atom stereocenters. The van der Waals surface area contributed by atoms with Gasteiger partial charge in [0.2, 0.25) is 0 Å². The highest BCUT2D eigenvalue weighted by Gasteiger charge is 2.07. The van der Waals surface area contributed by atoms with Gasteiger partial charge in [-0.3, -0.25) is 0 Å². The molecule has 0 N–H and O–H groups in total. The van der Waals surface area contributed by atoms with Gasteiger partial charge >= 0.3 is 0 Å². The van der Waals surface area contributed by atoms with Gasteiger partial charge < -0.3 is 4.57 Å². The Morgan fingerprint density at radius 2 is 1.79 bits per heavy atom. The van der Waals surface area contributed by atoms with Crippen molar-refractivity contribution in [3.63, 3.8) is 0 Å². The van der Waals surface area contributed by atoms with Crippen molar-refractivity contribution < 1.29 is 0 Å². The first-order valence-electron chi connectivity index (χ1n) is 6.84. The lowest BCUT2D eigenvalue weighted by Gasteiger charge is -2.05. The molecule has 0 saturated heterocycles. The third-order valence-corrected chi connectivity index (χ3v) is 3.80. The molecule has 3 aromatic rings. The number of rotatable bonds is 2. The Bertz CT molecular complexity index is 735. The van der Waals surface area contributed by atoms with E-state index in [2.05, 4.69) is 74.1 Å². The lowest BCUT2D eigenvalue weighted by Crippen LogP contribution is -1.84. The number of aryl methyl sites for hydroxylation is 3. The Morgan fingerprint density at radius 1 is 1.00 bits per heavy atom. The summed E-state index contributed by atoms with van der Waals surface area (Å²) in [6, 6.07) is 15.5. The maximum absolute atomic E-state index is 2.32. The normalized spacial score (nSPS) is 11.1. The number of fused-ring (bicyclic) bond motifs is 1. The largest absolute Gasteiger partial charge is 0.350 e. The van der Waals surface area contributed by atoms with Crippen LogP contribution < -0.4 is 0 Å². The van der Waals surface area contributed by atoms with Crippen LogP contribution in [0.4, 0.5) is 0 Å². The minimum Gasteiger partial charge on any atom is -0.350 e. The van der Waals surface area contributed by atoms with E-state index in [-0.39, 0.29) is 0 Å². The van der Waals surface area contributed by atoms with Crippen LogP contribution in [0.5, 0.6) is 0 Å². The van der Waals surface area contributed by atoms with Crippen LogP contribution in [0.15, 0.2) is 48.7 Å². The minimum absolute atomic E-state index is 1.08. The Morgan fingerprint density at radius 3 is 2.53 bits per heavy atom. The van der Waals surface area contributed by atoms with E-state index in [0.29, 0.717) is 0 Å². The summed E-state index contributed by atoms with van der Waals surface area (Å²) < 4.78 is 2.22. The molecule has 0 saturated carbocycles. The second-order valence-electron chi connectivity index (χ2n) is 5.22. The van der Waals surface area contributed by atoms with Crippen molar-refractivity contribution in [3.8, 4) is 11.1 Å². The van der Waals surface area contributed by atoms with Crippen LogP contribution in [0.3, 0.4) is 0 Å². The van der Waals surface area contributed by atoms with Gasteiger partial charge in [0, 0.05) is 24.1 Å². The highest BCUT2D eigenvalue weighted by molar-refractivity contribution is 5.88. The Labute approximate surface area is 114 Å². The van der Waals surface area contributed by atoms with Gasteiger partial charge in [0.05, 0.1) is 0 Å². The first kappa shape index (κ1) is 12.0. The molecule has 1 heteroatoms. The number of hydrogen-bond acceptors (Lipinski definition) is 0. The molecular formula is C18H19N. The summed E-state index contributed by atoms with van der Waals surface area (Å²) in [5.41, 5.74) is 6.64. The predicted octanol–water partition coefficient (Wildman–Crippen LogP) is 4.72. The summed E-state index contributed by atoms with van der Waals surface area (Å²) in [6.07, 6.45) is 3.32. The van der Waals surface area contributed by atoms with Crippen LogP contribution in [-0.2, 0) is 13.5 Å². The molecule has 0 spiro atoms. The lowest BCUT2D eigenvalue weighted by molar-refractivity contribution is 0.954. The number of hydrogen-bond donors (Lipinski definition) is 0.